The second-order valence-corrected chi connectivity index (χ2v) is 8.48. The van der Waals surface area contributed by atoms with Crippen molar-refractivity contribution in [1.82, 2.24) is 19.9 Å². The van der Waals surface area contributed by atoms with Crippen molar-refractivity contribution in [3.63, 3.8) is 0 Å². The lowest BCUT2D eigenvalue weighted by atomic mass is 10.0. The van der Waals surface area contributed by atoms with Crippen LogP contribution in [0.4, 0.5) is 5.82 Å². The summed E-state index contributed by atoms with van der Waals surface area (Å²) in [5.41, 5.74) is 2.37. The number of pyridine rings is 1. The van der Waals surface area contributed by atoms with E-state index in [-0.39, 0.29) is 6.54 Å². The van der Waals surface area contributed by atoms with Gasteiger partial charge in [0.2, 0.25) is 10.0 Å². The highest BCUT2D eigenvalue weighted by Gasteiger charge is 2.15. The van der Waals surface area contributed by atoms with Crippen molar-refractivity contribution in [2.24, 2.45) is 0 Å². The van der Waals surface area contributed by atoms with E-state index in [0.29, 0.717) is 27.9 Å². The van der Waals surface area contributed by atoms with Gasteiger partial charge in [0.05, 0.1) is 28.0 Å². The maximum Gasteiger partial charge on any atom is 0.208 e. The molecular weight excluding hydrogens is 397 g/mol. The lowest BCUT2D eigenvalue weighted by Crippen LogP contribution is -2.32. The van der Waals surface area contributed by atoms with E-state index in [4.69, 9.17) is 23.2 Å². The Morgan fingerprint density at radius 3 is 2.73 bits per heavy atom. The van der Waals surface area contributed by atoms with Gasteiger partial charge in [0.25, 0.3) is 0 Å². The first-order valence-electron chi connectivity index (χ1n) is 7.70. The first-order chi connectivity index (χ1) is 12.3. The molecular formula is C16H17Cl2N5O2S. The Kier molecular flexibility index (Phi) is 5.38. The molecule has 0 saturated heterocycles. The second kappa shape index (κ2) is 7.40. The summed E-state index contributed by atoms with van der Waals surface area (Å²) in [6.45, 7) is 0.702. The van der Waals surface area contributed by atoms with Gasteiger partial charge < -0.3 is 4.90 Å². The van der Waals surface area contributed by atoms with Crippen LogP contribution in [0.15, 0.2) is 30.6 Å². The number of rotatable bonds is 6. The van der Waals surface area contributed by atoms with E-state index >= 15 is 0 Å². The van der Waals surface area contributed by atoms with Gasteiger partial charge in [0.15, 0.2) is 0 Å². The molecule has 0 unspecified atom stereocenters. The Balaban J connectivity index is 2.04. The number of H-pyrrole nitrogens is 1. The number of sulfonamides is 1. The standard InChI is InChI=1S/C16H17Cl2N5O2S/c1-23(6-5-21-26(2,24)25)14-7-12(10-8-19-20-9-10)11-3-4-13(17)15(18)16(11)22-14/h3-4,7-9,21H,5-6H2,1-2H3,(H,19,20). The van der Waals surface area contributed by atoms with E-state index in [1.165, 1.54) is 0 Å². The molecule has 2 N–H and O–H groups in total. The normalized spacial score (nSPS) is 11.8. The molecule has 7 nitrogen and oxygen atoms in total. The van der Waals surface area contributed by atoms with E-state index < -0.39 is 10.0 Å². The third-order valence-corrected chi connectivity index (χ3v) is 5.39. The van der Waals surface area contributed by atoms with Crippen LogP contribution in [-0.2, 0) is 10.0 Å². The Hall–Kier alpha value is -1.87. The van der Waals surface area contributed by atoms with Crippen molar-refractivity contribution >= 4 is 49.9 Å². The highest BCUT2D eigenvalue weighted by molar-refractivity contribution is 7.88. The number of hydrogen-bond acceptors (Lipinski definition) is 5. The number of likely N-dealkylation sites (N-methyl/N-ethyl adjacent to an activating group) is 1. The Labute approximate surface area is 161 Å². The maximum atomic E-state index is 11.2. The molecule has 0 aliphatic heterocycles. The van der Waals surface area contributed by atoms with Gasteiger partial charge in [-0.15, -0.1) is 0 Å². The fourth-order valence-corrected chi connectivity index (χ4v) is 3.39. The van der Waals surface area contributed by atoms with Gasteiger partial charge in [0.1, 0.15) is 5.82 Å². The molecule has 0 radical (unpaired) electrons. The van der Waals surface area contributed by atoms with E-state index in [2.05, 4.69) is 19.9 Å². The molecule has 0 bridgehead atoms. The third-order valence-electron chi connectivity index (χ3n) is 3.87. The zero-order chi connectivity index (χ0) is 18.9. The van der Waals surface area contributed by atoms with Crippen molar-refractivity contribution in [1.29, 1.82) is 0 Å². The van der Waals surface area contributed by atoms with Crippen molar-refractivity contribution < 1.29 is 8.42 Å². The average molecular weight is 414 g/mol. The van der Waals surface area contributed by atoms with Crippen LogP contribution in [-0.4, -0.2) is 50.0 Å². The van der Waals surface area contributed by atoms with Crippen LogP contribution in [0.3, 0.4) is 0 Å². The number of aromatic nitrogens is 3. The number of halogens is 2. The number of aromatic amines is 1. The molecule has 1 aromatic carbocycles. The minimum absolute atomic E-state index is 0.263. The Morgan fingerprint density at radius 1 is 1.31 bits per heavy atom. The van der Waals surface area contributed by atoms with Crippen LogP contribution in [0.2, 0.25) is 10.0 Å². The molecule has 0 spiro atoms. The second-order valence-electron chi connectivity index (χ2n) is 5.86. The van der Waals surface area contributed by atoms with Gasteiger partial charge in [-0.3, -0.25) is 5.10 Å². The zero-order valence-electron chi connectivity index (χ0n) is 14.1. The highest BCUT2D eigenvalue weighted by atomic mass is 35.5. The van der Waals surface area contributed by atoms with E-state index in [0.717, 1.165) is 22.8 Å². The molecule has 0 fully saturated rings. The topological polar surface area (TPSA) is 91.0 Å². The summed E-state index contributed by atoms with van der Waals surface area (Å²) in [5, 5.41) is 8.45. The number of fused-ring (bicyclic) bond motifs is 1. The van der Waals surface area contributed by atoms with Crippen LogP contribution in [0, 0.1) is 0 Å². The molecule has 26 heavy (non-hydrogen) atoms. The SMILES string of the molecule is CN(CCNS(C)(=O)=O)c1cc(-c2cn[nH]c2)c2ccc(Cl)c(Cl)c2n1. The molecule has 10 heteroatoms. The average Bonchev–Trinajstić information content (AvgIpc) is 3.10. The number of nitrogens with one attached hydrogen (secondary N) is 2. The summed E-state index contributed by atoms with van der Waals surface area (Å²) < 4.78 is 24.9. The van der Waals surface area contributed by atoms with Crippen LogP contribution < -0.4 is 9.62 Å². The summed E-state index contributed by atoms with van der Waals surface area (Å²) in [6.07, 6.45) is 4.62. The minimum atomic E-state index is -3.24. The zero-order valence-corrected chi connectivity index (χ0v) is 16.5. The van der Waals surface area contributed by atoms with Gasteiger partial charge in [-0.25, -0.2) is 18.1 Å². The Bertz CT molecular complexity index is 1040. The molecule has 0 atom stereocenters. The van der Waals surface area contributed by atoms with Crippen LogP contribution in [0.1, 0.15) is 0 Å². The molecule has 2 aromatic heterocycles. The third kappa shape index (κ3) is 4.09. The lowest BCUT2D eigenvalue weighted by Gasteiger charge is -2.20. The van der Waals surface area contributed by atoms with Gasteiger partial charge in [-0.05, 0) is 17.7 Å². The lowest BCUT2D eigenvalue weighted by molar-refractivity contribution is 0.587. The summed E-state index contributed by atoms with van der Waals surface area (Å²) in [7, 11) is -1.41. The fraction of sp³-hybridized carbons (Fsp3) is 0.250. The molecule has 0 aliphatic rings. The quantitative estimate of drug-likeness (QED) is 0.647. The van der Waals surface area contributed by atoms with E-state index in [1.54, 1.807) is 18.5 Å². The number of hydrogen-bond donors (Lipinski definition) is 2. The first kappa shape index (κ1) is 18.9. The van der Waals surface area contributed by atoms with E-state index in [9.17, 15) is 8.42 Å². The summed E-state index contributed by atoms with van der Waals surface area (Å²) in [6, 6.07) is 5.52. The largest absolute Gasteiger partial charge is 0.358 e. The predicted molar refractivity (Wildman–Crippen MR) is 105 cm³/mol. The van der Waals surface area contributed by atoms with Gasteiger partial charge in [-0.1, -0.05) is 29.3 Å². The summed E-state index contributed by atoms with van der Waals surface area (Å²) >= 11 is 12.5. The molecule has 3 rings (SSSR count). The highest BCUT2D eigenvalue weighted by Crippen LogP contribution is 2.36. The van der Waals surface area contributed by atoms with Crippen LogP contribution in [0.25, 0.3) is 22.0 Å². The Morgan fingerprint density at radius 2 is 2.08 bits per heavy atom. The fourth-order valence-electron chi connectivity index (χ4n) is 2.57. The molecule has 0 saturated carbocycles. The molecule has 138 valence electrons. The van der Waals surface area contributed by atoms with E-state index in [1.807, 2.05) is 24.1 Å². The van der Waals surface area contributed by atoms with Crippen LogP contribution >= 0.6 is 23.2 Å². The summed E-state index contributed by atoms with van der Waals surface area (Å²) in [5.74, 6) is 0.646. The maximum absolute atomic E-state index is 11.2. The molecule has 0 amide bonds. The minimum Gasteiger partial charge on any atom is -0.358 e. The van der Waals surface area contributed by atoms with Gasteiger partial charge in [0, 0.05) is 37.3 Å². The van der Waals surface area contributed by atoms with Crippen molar-refractivity contribution in [2.45, 2.75) is 0 Å². The first-order valence-corrected chi connectivity index (χ1v) is 10.3. The monoisotopic (exact) mass is 413 g/mol. The van der Waals surface area contributed by atoms with Crippen LogP contribution in [0.5, 0.6) is 0 Å². The number of nitrogens with zero attached hydrogens (tertiary/aromatic N) is 3. The summed E-state index contributed by atoms with van der Waals surface area (Å²) in [4.78, 5) is 6.47. The number of anilines is 1. The predicted octanol–water partition coefficient (Wildman–Crippen LogP) is 2.92. The smallest absolute Gasteiger partial charge is 0.208 e. The van der Waals surface area contributed by atoms with Gasteiger partial charge in [-0.2, -0.15) is 5.10 Å². The molecule has 0 aliphatic carbocycles. The van der Waals surface area contributed by atoms with Gasteiger partial charge >= 0.3 is 0 Å². The molecule has 3 aromatic rings. The van der Waals surface area contributed by atoms with Crippen molar-refractivity contribution in [3.8, 4) is 11.1 Å². The molecule has 2 heterocycles. The van der Waals surface area contributed by atoms with Crippen molar-refractivity contribution in [2.75, 3.05) is 31.3 Å². The van der Waals surface area contributed by atoms with Crippen molar-refractivity contribution in [3.05, 3.63) is 40.6 Å². The number of benzene rings is 1.